The van der Waals surface area contributed by atoms with Crippen LogP contribution in [0.15, 0.2) is 71.4 Å². The van der Waals surface area contributed by atoms with Gasteiger partial charge in [-0.25, -0.2) is 4.99 Å². The summed E-state index contributed by atoms with van der Waals surface area (Å²) in [6, 6.07) is 17.8. The second-order valence-electron chi connectivity index (χ2n) is 7.26. The van der Waals surface area contributed by atoms with E-state index in [9.17, 15) is 4.79 Å². The Morgan fingerprint density at radius 2 is 1.50 bits per heavy atom. The summed E-state index contributed by atoms with van der Waals surface area (Å²) in [6.07, 6.45) is 1.70. The summed E-state index contributed by atoms with van der Waals surface area (Å²) >= 11 is 6.08. The van der Waals surface area contributed by atoms with E-state index in [0.717, 1.165) is 11.1 Å². The van der Waals surface area contributed by atoms with Gasteiger partial charge in [-0.2, -0.15) is 0 Å². The van der Waals surface area contributed by atoms with Gasteiger partial charge in [0.15, 0.2) is 11.5 Å². The molecule has 3 aromatic carbocycles. The fraction of sp³-hybridized carbons (Fsp3) is 0.154. The van der Waals surface area contributed by atoms with E-state index in [0.29, 0.717) is 39.5 Å². The summed E-state index contributed by atoms with van der Waals surface area (Å²) in [6.45, 7) is 0. The molecule has 0 aliphatic carbocycles. The van der Waals surface area contributed by atoms with Crippen molar-refractivity contribution in [3.63, 3.8) is 0 Å². The van der Waals surface area contributed by atoms with Crippen LogP contribution in [0.3, 0.4) is 0 Å². The number of benzene rings is 3. The molecular weight excluding hydrogens is 456 g/mol. The van der Waals surface area contributed by atoms with Gasteiger partial charge in [0.1, 0.15) is 23.0 Å². The van der Waals surface area contributed by atoms with E-state index in [4.69, 9.17) is 35.5 Å². The Morgan fingerprint density at radius 1 is 0.794 bits per heavy atom. The summed E-state index contributed by atoms with van der Waals surface area (Å²) in [4.78, 5) is 19.8. The fourth-order valence-corrected chi connectivity index (χ4v) is 3.73. The Bertz CT molecular complexity index is 1280. The third-order valence-electron chi connectivity index (χ3n) is 5.30. The number of aliphatic imine (C=N–C) groups is 1. The number of amides is 1. The van der Waals surface area contributed by atoms with E-state index in [2.05, 4.69) is 0 Å². The quantitative estimate of drug-likeness (QED) is 0.436. The molecule has 0 fully saturated rings. The minimum atomic E-state index is -0.303. The summed E-state index contributed by atoms with van der Waals surface area (Å²) in [7, 11) is 6.24. The van der Waals surface area contributed by atoms with Crippen LogP contribution in [0.5, 0.6) is 23.0 Å². The van der Waals surface area contributed by atoms with Crippen LogP contribution in [-0.4, -0.2) is 40.2 Å². The summed E-state index contributed by atoms with van der Waals surface area (Å²) < 4.78 is 21.6. The van der Waals surface area contributed by atoms with Gasteiger partial charge in [0.2, 0.25) is 0 Å². The first-order valence-electron chi connectivity index (χ1n) is 10.3. The third-order valence-corrected chi connectivity index (χ3v) is 5.55. The van der Waals surface area contributed by atoms with Crippen LogP contribution in [0.1, 0.15) is 11.1 Å². The van der Waals surface area contributed by atoms with Gasteiger partial charge >= 0.3 is 0 Å². The minimum absolute atomic E-state index is 0.259. The molecule has 0 radical (unpaired) electrons. The van der Waals surface area contributed by atoms with Gasteiger partial charge in [0, 0.05) is 16.7 Å². The number of ether oxygens (including phenoxy) is 4. The molecule has 1 heterocycles. The molecule has 4 rings (SSSR count). The van der Waals surface area contributed by atoms with Gasteiger partial charge in [-0.3, -0.25) is 9.69 Å². The number of hydrogen-bond acceptors (Lipinski definition) is 6. The predicted octanol–water partition coefficient (Wildman–Crippen LogP) is 5.21. The summed E-state index contributed by atoms with van der Waals surface area (Å²) in [5.41, 5.74) is 2.27. The summed E-state index contributed by atoms with van der Waals surface area (Å²) in [5.74, 6) is 2.38. The molecule has 0 saturated heterocycles. The highest BCUT2D eigenvalue weighted by Gasteiger charge is 2.34. The molecule has 1 aliphatic heterocycles. The number of rotatable bonds is 7. The highest BCUT2D eigenvalue weighted by atomic mass is 35.5. The van der Waals surface area contributed by atoms with Crippen molar-refractivity contribution >= 4 is 35.1 Å². The lowest BCUT2D eigenvalue weighted by atomic mass is 10.1. The molecular formula is C26H23ClN2O5. The van der Waals surface area contributed by atoms with E-state index < -0.39 is 0 Å². The van der Waals surface area contributed by atoms with Crippen molar-refractivity contribution in [2.24, 2.45) is 4.99 Å². The lowest BCUT2D eigenvalue weighted by Crippen LogP contribution is -2.33. The van der Waals surface area contributed by atoms with Crippen LogP contribution in [0, 0.1) is 0 Å². The Labute approximate surface area is 202 Å². The average Bonchev–Trinajstić information content (AvgIpc) is 3.19. The van der Waals surface area contributed by atoms with Crippen molar-refractivity contribution in [1.29, 1.82) is 0 Å². The number of amidine groups is 1. The summed E-state index contributed by atoms with van der Waals surface area (Å²) in [5, 5.41) is 0.586. The maximum absolute atomic E-state index is 13.6. The number of halogens is 1. The van der Waals surface area contributed by atoms with Gasteiger partial charge < -0.3 is 18.9 Å². The van der Waals surface area contributed by atoms with Gasteiger partial charge in [0.05, 0.1) is 34.1 Å². The van der Waals surface area contributed by atoms with E-state index >= 15 is 0 Å². The molecule has 7 nitrogen and oxygen atoms in total. The van der Waals surface area contributed by atoms with Crippen molar-refractivity contribution < 1.29 is 23.7 Å². The lowest BCUT2D eigenvalue weighted by molar-refractivity contribution is -0.113. The molecule has 34 heavy (non-hydrogen) atoms. The second kappa shape index (κ2) is 9.89. The normalized spacial score (nSPS) is 14.3. The topological polar surface area (TPSA) is 69.6 Å². The van der Waals surface area contributed by atoms with Crippen LogP contribution in [0.25, 0.3) is 6.08 Å². The monoisotopic (exact) mass is 478 g/mol. The minimum Gasteiger partial charge on any atom is -0.497 e. The highest BCUT2D eigenvalue weighted by molar-refractivity contribution is 6.34. The Hall–Kier alpha value is -3.97. The lowest BCUT2D eigenvalue weighted by Gasteiger charge is -2.21. The number of carbonyl (C=O) groups excluding carboxylic acids is 1. The van der Waals surface area contributed by atoms with Crippen molar-refractivity contribution in [3.05, 3.63) is 82.5 Å². The third kappa shape index (κ3) is 4.43. The molecule has 174 valence electrons. The van der Waals surface area contributed by atoms with E-state index in [1.807, 2.05) is 18.2 Å². The smallest absolute Gasteiger partial charge is 0.282 e. The van der Waals surface area contributed by atoms with Crippen LogP contribution < -0.4 is 23.8 Å². The van der Waals surface area contributed by atoms with E-state index in [1.54, 1.807) is 69.9 Å². The first-order valence-corrected chi connectivity index (χ1v) is 10.7. The SMILES string of the molecule is COc1ccc(N2C(=O)/C(=C/c3ccc(OC)c(OC)c3)N=C2c2ccc(Cl)cc2)c(OC)c1. The van der Waals surface area contributed by atoms with Gasteiger partial charge in [0.25, 0.3) is 5.91 Å². The maximum atomic E-state index is 13.6. The van der Waals surface area contributed by atoms with Gasteiger partial charge in [-0.15, -0.1) is 0 Å². The number of carbonyl (C=O) groups is 1. The van der Waals surface area contributed by atoms with Crippen LogP contribution >= 0.6 is 11.6 Å². The maximum Gasteiger partial charge on any atom is 0.282 e. The van der Waals surface area contributed by atoms with Crippen molar-refractivity contribution in [1.82, 2.24) is 0 Å². The first-order chi connectivity index (χ1) is 16.5. The van der Waals surface area contributed by atoms with Crippen molar-refractivity contribution in [3.8, 4) is 23.0 Å². The van der Waals surface area contributed by atoms with E-state index in [1.165, 1.54) is 12.0 Å². The molecule has 1 aliphatic rings. The standard InChI is InChI=1S/C26H23ClN2O5/c1-31-19-10-11-21(23(15-19)33-3)29-25(17-6-8-18(27)9-7-17)28-20(26(29)30)13-16-5-12-22(32-2)24(14-16)34-4/h5-15H,1-4H3/b20-13-. The van der Waals surface area contributed by atoms with Crippen LogP contribution in [0.2, 0.25) is 5.02 Å². The molecule has 0 unspecified atom stereocenters. The van der Waals surface area contributed by atoms with Gasteiger partial charge in [-0.05, 0) is 60.2 Å². The fourth-order valence-electron chi connectivity index (χ4n) is 3.60. The van der Waals surface area contributed by atoms with Crippen molar-refractivity contribution in [2.45, 2.75) is 0 Å². The molecule has 3 aromatic rings. The zero-order valence-electron chi connectivity index (χ0n) is 19.2. The average molecular weight is 479 g/mol. The molecule has 0 atom stereocenters. The molecule has 0 aromatic heterocycles. The second-order valence-corrected chi connectivity index (χ2v) is 7.70. The Kier molecular flexibility index (Phi) is 6.75. The molecule has 0 N–H and O–H groups in total. The molecule has 1 amide bonds. The molecule has 8 heteroatoms. The number of nitrogens with zero attached hydrogens (tertiary/aromatic N) is 2. The largest absolute Gasteiger partial charge is 0.497 e. The zero-order valence-corrected chi connectivity index (χ0v) is 19.9. The van der Waals surface area contributed by atoms with E-state index in [-0.39, 0.29) is 11.6 Å². The number of hydrogen-bond donors (Lipinski definition) is 0. The molecule has 0 spiro atoms. The van der Waals surface area contributed by atoms with Crippen molar-refractivity contribution in [2.75, 3.05) is 33.3 Å². The number of methoxy groups -OCH3 is 4. The predicted molar refractivity (Wildman–Crippen MR) is 133 cm³/mol. The zero-order chi connectivity index (χ0) is 24.2. The molecule has 0 saturated carbocycles. The highest BCUT2D eigenvalue weighted by Crippen LogP contribution is 2.37. The van der Waals surface area contributed by atoms with Gasteiger partial charge in [-0.1, -0.05) is 17.7 Å². The molecule has 0 bridgehead atoms. The first kappa shape index (κ1) is 23.2. The number of anilines is 1. The van der Waals surface area contributed by atoms with Crippen LogP contribution in [0.4, 0.5) is 5.69 Å². The Balaban J connectivity index is 1.84. The van der Waals surface area contributed by atoms with Crippen LogP contribution in [-0.2, 0) is 4.79 Å². The Morgan fingerprint density at radius 3 is 2.15 bits per heavy atom.